The largest absolute Gasteiger partial charge is 0.320 e. The standard InChI is InChI=1S/C13H20Cl2N2S.ClH/c1-16-5-2-10-3-6-17(7-4-10)8-11-9-18-13(15)12(11)14;/h9-10,16H,2-8H2,1H3;1H. The first kappa shape index (κ1) is 17.5. The van der Waals surface area contributed by atoms with Gasteiger partial charge < -0.3 is 5.32 Å². The third kappa shape index (κ3) is 5.07. The van der Waals surface area contributed by atoms with Crippen molar-refractivity contribution in [2.45, 2.75) is 25.8 Å². The molecule has 0 bridgehead atoms. The van der Waals surface area contributed by atoms with Crippen molar-refractivity contribution >= 4 is 46.9 Å². The summed E-state index contributed by atoms with van der Waals surface area (Å²) in [5, 5.41) is 6.06. The minimum Gasteiger partial charge on any atom is -0.320 e. The summed E-state index contributed by atoms with van der Waals surface area (Å²) in [7, 11) is 2.03. The normalized spacial score (nSPS) is 17.4. The van der Waals surface area contributed by atoms with Gasteiger partial charge in [-0.25, -0.2) is 0 Å². The molecule has 2 nitrogen and oxygen atoms in total. The fraction of sp³-hybridized carbons (Fsp3) is 0.692. The Labute approximate surface area is 135 Å². The monoisotopic (exact) mass is 342 g/mol. The average Bonchev–Trinajstić information content (AvgIpc) is 2.70. The zero-order valence-corrected chi connectivity index (χ0v) is 14.3. The summed E-state index contributed by atoms with van der Waals surface area (Å²) in [6, 6.07) is 0. The van der Waals surface area contributed by atoms with Crippen molar-refractivity contribution in [3.05, 3.63) is 20.3 Å². The predicted octanol–water partition coefficient (Wildman–Crippen LogP) is 4.30. The van der Waals surface area contributed by atoms with Gasteiger partial charge in [0.1, 0.15) is 4.34 Å². The lowest BCUT2D eigenvalue weighted by Gasteiger charge is -2.31. The predicted molar refractivity (Wildman–Crippen MR) is 88.1 cm³/mol. The molecule has 110 valence electrons. The minimum atomic E-state index is 0. The van der Waals surface area contributed by atoms with Gasteiger partial charge in [0, 0.05) is 6.54 Å². The van der Waals surface area contributed by atoms with Gasteiger partial charge in [-0.2, -0.15) is 0 Å². The van der Waals surface area contributed by atoms with Crippen LogP contribution in [0.2, 0.25) is 9.36 Å². The molecule has 1 aromatic rings. The molecule has 1 N–H and O–H groups in total. The molecule has 0 aliphatic carbocycles. The maximum Gasteiger partial charge on any atom is 0.112 e. The van der Waals surface area contributed by atoms with Crippen molar-refractivity contribution in [1.29, 1.82) is 0 Å². The van der Waals surface area contributed by atoms with Gasteiger partial charge in [-0.15, -0.1) is 23.7 Å². The van der Waals surface area contributed by atoms with E-state index in [1.54, 1.807) is 0 Å². The molecule has 19 heavy (non-hydrogen) atoms. The highest BCUT2D eigenvalue weighted by molar-refractivity contribution is 7.15. The van der Waals surface area contributed by atoms with Crippen molar-refractivity contribution < 1.29 is 0 Å². The second-order valence-electron chi connectivity index (χ2n) is 4.96. The van der Waals surface area contributed by atoms with E-state index in [-0.39, 0.29) is 12.4 Å². The second-order valence-corrected chi connectivity index (χ2v) is 6.82. The van der Waals surface area contributed by atoms with Crippen molar-refractivity contribution in [2.75, 3.05) is 26.7 Å². The molecular formula is C13H21Cl3N2S. The third-order valence-electron chi connectivity index (χ3n) is 3.66. The van der Waals surface area contributed by atoms with Crippen molar-refractivity contribution in [2.24, 2.45) is 5.92 Å². The smallest absolute Gasteiger partial charge is 0.112 e. The number of hydrogen-bond acceptors (Lipinski definition) is 3. The highest BCUT2D eigenvalue weighted by Crippen LogP contribution is 2.33. The Hall–Kier alpha value is 0.490. The second kappa shape index (κ2) is 8.71. The van der Waals surface area contributed by atoms with Gasteiger partial charge in [0.15, 0.2) is 0 Å². The van der Waals surface area contributed by atoms with Gasteiger partial charge >= 0.3 is 0 Å². The molecule has 6 heteroatoms. The van der Waals surface area contributed by atoms with Gasteiger partial charge in [0.25, 0.3) is 0 Å². The molecule has 0 saturated carbocycles. The third-order valence-corrected chi connectivity index (χ3v) is 5.57. The first-order chi connectivity index (χ1) is 8.70. The summed E-state index contributed by atoms with van der Waals surface area (Å²) in [6.45, 7) is 4.44. The van der Waals surface area contributed by atoms with Crippen LogP contribution in [0.4, 0.5) is 0 Å². The molecule has 1 aliphatic rings. The zero-order chi connectivity index (χ0) is 13.0. The number of likely N-dealkylation sites (tertiary alicyclic amines) is 1. The quantitative estimate of drug-likeness (QED) is 0.857. The first-order valence-electron chi connectivity index (χ1n) is 6.49. The molecule has 1 aliphatic heterocycles. The summed E-state index contributed by atoms with van der Waals surface area (Å²) in [5.41, 5.74) is 1.18. The average molecular weight is 344 g/mol. The first-order valence-corrected chi connectivity index (χ1v) is 8.12. The lowest BCUT2D eigenvalue weighted by atomic mass is 9.93. The molecule has 1 saturated heterocycles. The number of rotatable bonds is 5. The molecule has 2 rings (SSSR count). The Morgan fingerprint density at radius 2 is 2.05 bits per heavy atom. The molecular weight excluding hydrogens is 323 g/mol. The van der Waals surface area contributed by atoms with Crippen LogP contribution in [0, 0.1) is 5.92 Å². The van der Waals surface area contributed by atoms with Crippen LogP contribution < -0.4 is 5.32 Å². The van der Waals surface area contributed by atoms with Crippen LogP contribution >= 0.6 is 46.9 Å². The number of piperidine rings is 1. The molecule has 0 atom stereocenters. The molecule has 0 unspecified atom stereocenters. The maximum absolute atomic E-state index is 6.17. The van der Waals surface area contributed by atoms with E-state index in [2.05, 4.69) is 15.6 Å². The lowest BCUT2D eigenvalue weighted by Crippen LogP contribution is -2.34. The SMILES string of the molecule is CNCCC1CCN(Cc2csc(Cl)c2Cl)CC1.Cl. The Balaban J connectivity index is 0.00000180. The van der Waals surface area contributed by atoms with E-state index in [0.29, 0.717) is 0 Å². The fourth-order valence-corrected chi connectivity index (χ4v) is 3.72. The van der Waals surface area contributed by atoms with E-state index in [1.165, 1.54) is 49.3 Å². The topological polar surface area (TPSA) is 15.3 Å². The summed E-state index contributed by atoms with van der Waals surface area (Å²) < 4.78 is 0.718. The van der Waals surface area contributed by atoms with E-state index in [9.17, 15) is 0 Å². The summed E-state index contributed by atoms with van der Waals surface area (Å²) in [6.07, 6.45) is 3.91. The Bertz CT molecular complexity index is 376. The van der Waals surface area contributed by atoms with Crippen LogP contribution in [-0.4, -0.2) is 31.6 Å². The summed E-state index contributed by atoms with van der Waals surface area (Å²) in [5.74, 6) is 0.884. The van der Waals surface area contributed by atoms with Crippen LogP contribution in [0.15, 0.2) is 5.38 Å². The Kier molecular flexibility index (Phi) is 8.04. The van der Waals surface area contributed by atoms with Crippen LogP contribution in [0.25, 0.3) is 0 Å². The summed E-state index contributed by atoms with van der Waals surface area (Å²) in [4.78, 5) is 2.49. The van der Waals surface area contributed by atoms with Gasteiger partial charge in [-0.1, -0.05) is 23.2 Å². The van der Waals surface area contributed by atoms with Gasteiger partial charge in [0.05, 0.1) is 5.02 Å². The molecule has 0 aromatic carbocycles. The van der Waals surface area contributed by atoms with Crippen LogP contribution in [0.3, 0.4) is 0 Å². The Morgan fingerprint density at radius 1 is 1.37 bits per heavy atom. The number of halogens is 3. The van der Waals surface area contributed by atoms with E-state index >= 15 is 0 Å². The van der Waals surface area contributed by atoms with Crippen molar-refractivity contribution in [3.8, 4) is 0 Å². The van der Waals surface area contributed by atoms with E-state index in [1.807, 2.05) is 7.05 Å². The molecule has 2 heterocycles. The zero-order valence-electron chi connectivity index (χ0n) is 11.1. The maximum atomic E-state index is 6.17. The van der Waals surface area contributed by atoms with Gasteiger partial charge in [-0.05, 0) is 62.8 Å². The minimum absolute atomic E-state index is 0. The molecule has 0 radical (unpaired) electrons. The highest BCUT2D eigenvalue weighted by Gasteiger charge is 2.20. The number of thiophene rings is 1. The molecule has 1 fully saturated rings. The van der Waals surface area contributed by atoms with Gasteiger partial charge in [-0.3, -0.25) is 4.90 Å². The number of nitrogens with one attached hydrogen (secondary N) is 1. The van der Waals surface area contributed by atoms with Crippen molar-refractivity contribution in [1.82, 2.24) is 10.2 Å². The number of hydrogen-bond donors (Lipinski definition) is 1. The molecule has 1 aromatic heterocycles. The molecule has 0 spiro atoms. The summed E-state index contributed by atoms with van der Waals surface area (Å²) >= 11 is 13.7. The molecule has 0 amide bonds. The van der Waals surface area contributed by atoms with E-state index < -0.39 is 0 Å². The Morgan fingerprint density at radius 3 is 2.58 bits per heavy atom. The van der Waals surface area contributed by atoms with Gasteiger partial charge in [0.2, 0.25) is 0 Å². The van der Waals surface area contributed by atoms with E-state index in [4.69, 9.17) is 23.2 Å². The fourth-order valence-electron chi connectivity index (χ4n) is 2.48. The van der Waals surface area contributed by atoms with Crippen LogP contribution in [-0.2, 0) is 6.54 Å². The lowest BCUT2D eigenvalue weighted by molar-refractivity contribution is 0.172. The van der Waals surface area contributed by atoms with Crippen molar-refractivity contribution in [3.63, 3.8) is 0 Å². The van der Waals surface area contributed by atoms with E-state index in [0.717, 1.165) is 28.4 Å². The van der Waals surface area contributed by atoms with Crippen LogP contribution in [0.1, 0.15) is 24.8 Å². The van der Waals surface area contributed by atoms with Crippen LogP contribution in [0.5, 0.6) is 0 Å². The highest BCUT2D eigenvalue weighted by atomic mass is 35.5. The number of nitrogens with zero attached hydrogens (tertiary/aromatic N) is 1.